The van der Waals surface area contributed by atoms with E-state index >= 15 is 0 Å². The first-order valence-corrected chi connectivity index (χ1v) is 14.3. The van der Waals surface area contributed by atoms with Gasteiger partial charge in [0.2, 0.25) is 0 Å². The third kappa shape index (κ3) is 5.88. The summed E-state index contributed by atoms with van der Waals surface area (Å²) in [4.78, 5) is 16.2. The largest absolute Gasteiger partial charge is 0.416 e. The molecule has 3 aliphatic heterocycles. The number of aliphatic imine (C=N–C) groups is 2. The van der Waals surface area contributed by atoms with Crippen LogP contribution in [0.2, 0.25) is 0 Å². The molecule has 3 N–H and O–H groups in total. The number of hydrogen-bond donors (Lipinski definition) is 3. The Balaban J connectivity index is 1.17. The van der Waals surface area contributed by atoms with Crippen LogP contribution in [0.3, 0.4) is 0 Å². The molecule has 3 saturated heterocycles. The second-order valence-electron chi connectivity index (χ2n) is 11.6. The zero-order valence-electron chi connectivity index (χ0n) is 22.7. The average molecular weight is 559 g/mol. The second-order valence-corrected chi connectivity index (χ2v) is 11.6. The fourth-order valence-electron chi connectivity index (χ4n) is 6.81. The zero-order chi connectivity index (χ0) is 27.9. The molecule has 11 heteroatoms. The Morgan fingerprint density at radius 3 is 2.85 bits per heavy atom. The van der Waals surface area contributed by atoms with Crippen LogP contribution in [-0.2, 0) is 11.2 Å². The van der Waals surface area contributed by atoms with Crippen molar-refractivity contribution in [1.82, 2.24) is 20.7 Å². The van der Waals surface area contributed by atoms with E-state index in [-0.39, 0.29) is 18.5 Å². The van der Waals surface area contributed by atoms with Crippen LogP contribution in [0.25, 0.3) is 0 Å². The summed E-state index contributed by atoms with van der Waals surface area (Å²) in [6.45, 7) is 5.16. The summed E-state index contributed by atoms with van der Waals surface area (Å²) in [6.07, 6.45) is 5.43. The van der Waals surface area contributed by atoms with E-state index in [1.54, 1.807) is 0 Å². The van der Waals surface area contributed by atoms with Gasteiger partial charge in [0.25, 0.3) is 0 Å². The maximum Gasteiger partial charge on any atom is 0.416 e. The lowest BCUT2D eigenvalue weighted by molar-refractivity contribution is -0.0888. The van der Waals surface area contributed by atoms with Crippen LogP contribution in [0, 0.1) is 18.8 Å². The normalized spacial score (nSPS) is 31.9. The predicted octanol–water partition coefficient (Wildman–Crippen LogP) is 3.23. The molecule has 2 aliphatic carbocycles. The summed E-state index contributed by atoms with van der Waals surface area (Å²) in [5.41, 5.74) is 9.93. The number of aliphatic hydroxyl groups excluding tert-OH is 1. The number of likely N-dealkylation sites (tertiary alicyclic amines) is 1. The highest BCUT2D eigenvalue weighted by Gasteiger charge is 2.40. The van der Waals surface area contributed by atoms with Crippen LogP contribution < -0.4 is 10.9 Å². The van der Waals surface area contributed by atoms with Gasteiger partial charge < -0.3 is 15.3 Å². The topological polar surface area (TPSA) is 94.4 Å². The summed E-state index contributed by atoms with van der Waals surface area (Å²) in [5, 5.41) is 10.9. The lowest BCUT2D eigenvalue weighted by atomic mass is 9.89. The average Bonchev–Trinajstić information content (AvgIpc) is 3.64. The third-order valence-electron chi connectivity index (χ3n) is 8.91. The smallest absolute Gasteiger partial charge is 0.381 e. The minimum absolute atomic E-state index is 0.0188. The molecule has 4 heterocycles. The minimum Gasteiger partial charge on any atom is -0.381 e. The number of pyridine rings is 1. The SMILES string of the molecule is Cc1cc2c(cn1)C(C[C@H]1CN(C3CCOCC3)C/C1=N/C(O)CN=C1NNC3C=CC(C(F)(F)F)=C[C@@H]13)CC2. The maximum atomic E-state index is 13.2. The van der Waals surface area contributed by atoms with E-state index < -0.39 is 23.9 Å². The van der Waals surface area contributed by atoms with Crippen molar-refractivity contribution in [2.75, 3.05) is 32.8 Å². The molecule has 5 atom stereocenters. The summed E-state index contributed by atoms with van der Waals surface area (Å²) < 4.78 is 45.3. The molecule has 3 unspecified atom stereocenters. The Bertz CT molecular complexity index is 1220. The van der Waals surface area contributed by atoms with E-state index in [2.05, 4.69) is 31.8 Å². The van der Waals surface area contributed by atoms with Crippen molar-refractivity contribution in [2.24, 2.45) is 21.8 Å². The van der Waals surface area contributed by atoms with Gasteiger partial charge in [0.15, 0.2) is 6.23 Å². The molecule has 0 aromatic carbocycles. The first-order chi connectivity index (χ1) is 19.2. The van der Waals surface area contributed by atoms with Gasteiger partial charge in [-0.25, -0.2) is 5.43 Å². The van der Waals surface area contributed by atoms with Gasteiger partial charge in [-0.3, -0.25) is 19.9 Å². The van der Waals surface area contributed by atoms with Gasteiger partial charge in [-0.15, -0.1) is 0 Å². The molecule has 8 nitrogen and oxygen atoms in total. The highest BCUT2D eigenvalue weighted by molar-refractivity contribution is 5.91. The molecule has 1 aromatic rings. The number of allylic oxidation sites excluding steroid dienone is 2. The van der Waals surface area contributed by atoms with Crippen molar-refractivity contribution in [1.29, 1.82) is 0 Å². The molecule has 3 fully saturated rings. The first kappa shape index (κ1) is 27.6. The van der Waals surface area contributed by atoms with E-state index in [9.17, 15) is 18.3 Å². The molecule has 0 spiro atoms. The summed E-state index contributed by atoms with van der Waals surface area (Å²) in [6, 6.07) is 2.33. The number of aromatic nitrogens is 1. The van der Waals surface area contributed by atoms with Crippen molar-refractivity contribution < 1.29 is 23.0 Å². The van der Waals surface area contributed by atoms with Gasteiger partial charge in [0.1, 0.15) is 5.84 Å². The van der Waals surface area contributed by atoms with Crippen LogP contribution in [0.4, 0.5) is 13.2 Å². The number of ether oxygens (including phenoxy) is 1. The molecular weight excluding hydrogens is 521 g/mol. The standard InChI is InChI=1S/C29H37F3N6O2/c1-17-10-18-2-3-19(24(18)13-33-17)11-20-15-38(22-6-8-40-9-7-22)16-26(20)35-27(39)14-34-28-23-12-21(29(30,31)32)4-5-25(23)36-37-28/h4-5,10,12-13,19-20,22-23,25,27,36,39H,2-3,6-9,11,14-16H2,1H3,(H,34,37)/b35-26-/t19?,20-,23+,25?,27?/m0/s1. The fourth-order valence-corrected chi connectivity index (χ4v) is 6.81. The third-order valence-corrected chi connectivity index (χ3v) is 8.91. The van der Waals surface area contributed by atoms with Crippen molar-refractivity contribution in [2.45, 2.75) is 69.4 Å². The van der Waals surface area contributed by atoms with Crippen LogP contribution in [0.5, 0.6) is 0 Å². The van der Waals surface area contributed by atoms with Crippen molar-refractivity contribution in [3.05, 3.63) is 52.9 Å². The van der Waals surface area contributed by atoms with Gasteiger partial charge in [-0.1, -0.05) is 18.2 Å². The van der Waals surface area contributed by atoms with Gasteiger partial charge >= 0.3 is 6.18 Å². The number of nitrogens with zero attached hydrogens (tertiary/aromatic N) is 4. The number of amidine groups is 1. The van der Waals surface area contributed by atoms with E-state index in [1.165, 1.54) is 23.3 Å². The lowest BCUT2D eigenvalue weighted by Crippen LogP contribution is -2.38. The molecule has 6 rings (SSSR count). The van der Waals surface area contributed by atoms with Crippen molar-refractivity contribution >= 4 is 11.5 Å². The highest BCUT2D eigenvalue weighted by Crippen LogP contribution is 2.39. The number of hydrazine groups is 1. The molecule has 5 aliphatic rings. The number of aliphatic hydroxyl groups is 1. The Morgan fingerprint density at radius 1 is 1.23 bits per heavy atom. The molecular formula is C29H37F3N6O2. The van der Waals surface area contributed by atoms with Crippen LogP contribution in [-0.4, -0.2) is 83.9 Å². The quantitative estimate of drug-likeness (QED) is 0.497. The summed E-state index contributed by atoms with van der Waals surface area (Å²) in [5.74, 6) is 0.459. The van der Waals surface area contributed by atoms with Gasteiger partial charge in [0, 0.05) is 55.9 Å². The lowest BCUT2D eigenvalue weighted by Gasteiger charge is -2.30. The van der Waals surface area contributed by atoms with Gasteiger partial charge in [-0.05, 0) is 62.1 Å². The molecule has 1 aromatic heterocycles. The molecule has 0 bridgehead atoms. The number of nitrogens with one attached hydrogen (secondary N) is 2. The Morgan fingerprint density at radius 2 is 2.05 bits per heavy atom. The van der Waals surface area contributed by atoms with Crippen LogP contribution in [0.15, 0.2) is 46.0 Å². The Labute approximate surface area is 232 Å². The molecule has 0 saturated carbocycles. The summed E-state index contributed by atoms with van der Waals surface area (Å²) in [7, 11) is 0. The Hall–Kier alpha value is -2.60. The van der Waals surface area contributed by atoms with Crippen molar-refractivity contribution in [3.63, 3.8) is 0 Å². The van der Waals surface area contributed by atoms with E-state index in [4.69, 9.17) is 9.73 Å². The monoisotopic (exact) mass is 558 g/mol. The molecule has 216 valence electrons. The van der Waals surface area contributed by atoms with Crippen LogP contribution >= 0.6 is 0 Å². The molecule has 40 heavy (non-hydrogen) atoms. The van der Waals surface area contributed by atoms with E-state index in [1.807, 2.05) is 13.1 Å². The highest BCUT2D eigenvalue weighted by atomic mass is 19.4. The van der Waals surface area contributed by atoms with Crippen LogP contribution in [0.1, 0.15) is 48.4 Å². The summed E-state index contributed by atoms with van der Waals surface area (Å²) >= 11 is 0. The number of hydrogen-bond acceptors (Lipinski definition) is 7. The van der Waals surface area contributed by atoms with Gasteiger partial charge in [0.05, 0.1) is 24.1 Å². The fraction of sp³-hybridized carbons (Fsp3) is 0.621. The molecule has 0 radical (unpaired) electrons. The van der Waals surface area contributed by atoms with E-state index in [0.29, 0.717) is 24.3 Å². The second kappa shape index (κ2) is 11.3. The maximum absolute atomic E-state index is 13.2. The van der Waals surface area contributed by atoms with Crippen molar-refractivity contribution in [3.8, 4) is 0 Å². The van der Waals surface area contributed by atoms with E-state index in [0.717, 1.165) is 69.3 Å². The number of aryl methyl sites for hydroxylation is 2. The number of halogens is 3. The minimum atomic E-state index is -4.41. The first-order valence-electron chi connectivity index (χ1n) is 14.3. The Kier molecular flexibility index (Phi) is 7.82. The molecule has 0 amide bonds. The predicted molar refractivity (Wildman–Crippen MR) is 146 cm³/mol. The number of alkyl halides is 3. The number of fused-ring (bicyclic) bond motifs is 2. The number of rotatable bonds is 6. The van der Waals surface area contributed by atoms with Gasteiger partial charge in [-0.2, -0.15) is 13.2 Å². The zero-order valence-corrected chi connectivity index (χ0v) is 22.7.